The van der Waals surface area contributed by atoms with E-state index in [0.717, 1.165) is 0 Å². The zero-order valence-electron chi connectivity index (χ0n) is 5.23. The maximum atomic E-state index is 9.76. The molecule has 0 aromatic rings. The largest absolute Gasteiger partial charge is 0.393 e. The first-order valence-corrected chi connectivity index (χ1v) is 2.60. The SMILES string of the molecule is O=[N+]([O-])CC(O)(CO)CO. The van der Waals surface area contributed by atoms with Crippen LogP contribution in [0.3, 0.4) is 0 Å². The molecular weight excluding hydrogens is 142 g/mol. The van der Waals surface area contributed by atoms with Crippen molar-refractivity contribution >= 4 is 0 Å². The van der Waals surface area contributed by atoms with Gasteiger partial charge in [0.25, 0.3) is 0 Å². The van der Waals surface area contributed by atoms with Crippen LogP contribution < -0.4 is 0 Å². The van der Waals surface area contributed by atoms with Crippen molar-refractivity contribution < 1.29 is 20.2 Å². The molecule has 0 aliphatic heterocycles. The molecule has 0 spiro atoms. The number of hydrogen-bond acceptors (Lipinski definition) is 5. The van der Waals surface area contributed by atoms with Gasteiger partial charge in [0, 0.05) is 4.92 Å². The van der Waals surface area contributed by atoms with Gasteiger partial charge in [-0.1, -0.05) is 0 Å². The third kappa shape index (κ3) is 2.72. The Bertz CT molecular complexity index is 121. The minimum Gasteiger partial charge on any atom is -0.393 e. The van der Waals surface area contributed by atoms with Gasteiger partial charge in [-0.25, -0.2) is 0 Å². The quantitative estimate of drug-likeness (QED) is 0.318. The molecule has 3 N–H and O–H groups in total. The highest BCUT2D eigenvalue weighted by atomic mass is 16.6. The monoisotopic (exact) mass is 151 g/mol. The van der Waals surface area contributed by atoms with Gasteiger partial charge in [-0.15, -0.1) is 0 Å². The molecule has 0 aromatic heterocycles. The first kappa shape index (κ1) is 9.28. The Labute approximate surface area is 56.9 Å². The van der Waals surface area contributed by atoms with Crippen LogP contribution in [0.5, 0.6) is 0 Å². The molecule has 0 rings (SSSR count). The van der Waals surface area contributed by atoms with Crippen molar-refractivity contribution in [3.8, 4) is 0 Å². The van der Waals surface area contributed by atoms with Crippen LogP contribution in [0.2, 0.25) is 0 Å². The fourth-order valence-electron chi connectivity index (χ4n) is 0.390. The zero-order valence-corrected chi connectivity index (χ0v) is 5.23. The lowest BCUT2D eigenvalue weighted by molar-refractivity contribution is -0.502. The molecule has 0 atom stereocenters. The molecule has 0 saturated heterocycles. The minimum absolute atomic E-state index is 0.799. The average molecular weight is 151 g/mol. The molecule has 0 aliphatic carbocycles. The van der Waals surface area contributed by atoms with Crippen molar-refractivity contribution in [3.05, 3.63) is 10.1 Å². The van der Waals surface area contributed by atoms with Crippen molar-refractivity contribution in [3.63, 3.8) is 0 Å². The summed E-state index contributed by atoms with van der Waals surface area (Å²) >= 11 is 0. The minimum atomic E-state index is -1.98. The number of hydrogen-bond donors (Lipinski definition) is 3. The van der Waals surface area contributed by atoms with Crippen LogP contribution in [0.25, 0.3) is 0 Å². The lowest BCUT2D eigenvalue weighted by atomic mass is 10.1. The van der Waals surface area contributed by atoms with Crippen LogP contribution in [-0.4, -0.2) is 45.6 Å². The highest BCUT2D eigenvalue weighted by Crippen LogP contribution is 2.00. The van der Waals surface area contributed by atoms with E-state index in [2.05, 4.69) is 0 Å². The van der Waals surface area contributed by atoms with Crippen molar-refractivity contribution in [1.82, 2.24) is 0 Å². The summed E-state index contributed by atoms with van der Waals surface area (Å²) in [5.41, 5.74) is -1.98. The van der Waals surface area contributed by atoms with E-state index in [4.69, 9.17) is 15.3 Å². The number of nitro groups is 1. The zero-order chi connectivity index (χ0) is 8.20. The number of aliphatic hydroxyl groups excluding tert-OH is 2. The molecule has 6 nitrogen and oxygen atoms in total. The van der Waals surface area contributed by atoms with Gasteiger partial charge in [-0.05, 0) is 0 Å². The Balaban J connectivity index is 3.92. The number of rotatable bonds is 4. The van der Waals surface area contributed by atoms with E-state index in [-0.39, 0.29) is 0 Å². The molecule has 0 aliphatic rings. The molecular formula is C4H9NO5. The predicted octanol–water partition coefficient (Wildman–Crippen LogP) is -2.02. The lowest BCUT2D eigenvalue weighted by Gasteiger charge is -2.16. The third-order valence-electron chi connectivity index (χ3n) is 1.01. The van der Waals surface area contributed by atoms with Gasteiger partial charge in [-0.2, -0.15) is 0 Å². The highest BCUT2D eigenvalue weighted by molar-refractivity contribution is 4.74. The summed E-state index contributed by atoms with van der Waals surface area (Å²) in [6, 6.07) is 0. The van der Waals surface area contributed by atoms with E-state index in [9.17, 15) is 10.1 Å². The Morgan fingerprint density at radius 2 is 1.80 bits per heavy atom. The summed E-state index contributed by atoms with van der Waals surface area (Å²) < 4.78 is 0. The second kappa shape index (κ2) is 3.45. The van der Waals surface area contributed by atoms with E-state index in [1.54, 1.807) is 0 Å². The van der Waals surface area contributed by atoms with Gasteiger partial charge in [-0.3, -0.25) is 10.1 Å². The first-order chi connectivity index (χ1) is 4.54. The smallest absolute Gasteiger partial charge is 0.236 e. The highest BCUT2D eigenvalue weighted by Gasteiger charge is 2.31. The summed E-state index contributed by atoms with van der Waals surface area (Å²) in [5.74, 6) is 0. The molecule has 6 heteroatoms. The molecule has 0 bridgehead atoms. The summed E-state index contributed by atoms with van der Waals surface area (Å²) in [4.78, 5) is 8.96. The number of aliphatic hydroxyl groups is 3. The Morgan fingerprint density at radius 3 is 1.90 bits per heavy atom. The van der Waals surface area contributed by atoms with Gasteiger partial charge >= 0.3 is 0 Å². The van der Waals surface area contributed by atoms with Gasteiger partial charge in [0.05, 0.1) is 13.2 Å². The Morgan fingerprint density at radius 1 is 1.40 bits per heavy atom. The third-order valence-corrected chi connectivity index (χ3v) is 1.01. The van der Waals surface area contributed by atoms with Crippen molar-refractivity contribution in [2.24, 2.45) is 0 Å². The topological polar surface area (TPSA) is 104 Å². The Hall–Kier alpha value is -0.720. The summed E-state index contributed by atoms with van der Waals surface area (Å²) in [6.45, 7) is -2.48. The van der Waals surface area contributed by atoms with E-state index in [0.29, 0.717) is 0 Å². The second-order valence-corrected chi connectivity index (χ2v) is 2.03. The van der Waals surface area contributed by atoms with Crippen molar-refractivity contribution in [1.29, 1.82) is 0 Å². The van der Waals surface area contributed by atoms with E-state index in [1.165, 1.54) is 0 Å². The molecule has 10 heavy (non-hydrogen) atoms. The van der Waals surface area contributed by atoms with Crippen LogP contribution in [0.1, 0.15) is 0 Å². The van der Waals surface area contributed by atoms with Crippen molar-refractivity contribution in [2.45, 2.75) is 5.60 Å². The summed E-state index contributed by atoms with van der Waals surface area (Å²) in [5, 5.41) is 35.3. The fraction of sp³-hybridized carbons (Fsp3) is 1.00. The van der Waals surface area contributed by atoms with Crippen molar-refractivity contribution in [2.75, 3.05) is 19.8 Å². The molecule has 0 amide bonds. The summed E-state index contributed by atoms with van der Waals surface area (Å²) in [7, 11) is 0. The van der Waals surface area contributed by atoms with E-state index >= 15 is 0 Å². The lowest BCUT2D eigenvalue weighted by Crippen LogP contribution is -2.44. The molecule has 0 radical (unpaired) electrons. The van der Waals surface area contributed by atoms with Crippen LogP contribution in [0, 0.1) is 10.1 Å². The maximum Gasteiger partial charge on any atom is 0.236 e. The van der Waals surface area contributed by atoms with Crippen LogP contribution in [0.15, 0.2) is 0 Å². The molecule has 0 aromatic carbocycles. The van der Waals surface area contributed by atoms with Crippen LogP contribution in [0.4, 0.5) is 0 Å². The first-order valence-electron chi connectivity index (χ1n) is 2.60. The van der Waals surface area contributed by atoms with Gasteiger partial charge < -0.3 is 15.3 Å². The molecule has 0 heterocycles. The number of nitrogens with zero attached hydrogens (tertiary/aromatic N) is 1. The fourth-order valence-corrected chi connectivity index (χ4v) is 0.390. The summed E-state index contributed by atoms with van der Waals surface area (Å²) in [6.07, 6.45) is 0. The van der Waals surface area contributed by atoms with Crippen LogP contribution in [-0.2, 0) is 0 Å². The van der Waals surface area contributed by atoms with Gasteiger partial charge in [0.1, 0.15) is 0 Å². The standard InChI is InChI=1S/C4H9NO5/c6-2-4(8,3-7)1-5(9)10/h6-8H,1-3H2. The maximum absolute atomic E-state index is 9.76. The van der Waals surface area contributed by atoms with E-state index in [1.807, 2.05) is 0 Å². The molecule has 0 saturated carbocycles. The normalized spacial score (nSPS) is 11.5. The molecule has 60 valence electrons. The predicted molar refractivity (Wildman–Crippen MR) is 31.0 cm³/mol. The van der Waals surface area contributed by atoms with E-state index < -0.39 is 30.3 Å². The van der Waals surface area contributed by atoms with Gasteiger partial charge in [0.15, 0.2) is 5.60 Å². The molecule has 0 fully saturated rings. The Kier molecular flexibility index (Phi) is 3.20. The molecule has 0 unspecified atom stereocenters. The second-order valence-electron chi connectivity index (χ2n) is 2.03. The van der Waals surface area contributed by atoms with Crippen LogP contribution >= 0.6 is 0 Å². The van der Waals surface area contributed by atoms with Gasteiger partial charge in [0.2, 0.25) is 6.54 Å². The average Bonchev–Trinajstić information content (AvgIpc) is 1.87.